The van der Waals surface area contributed by atoms with Gasteiger partial charge in [0.05, 0.1) is 37.7 Å². The summed E-state index contributed by atoms with van der Waals surface area (Å²) in [5, 5.41) is 0. The molecular formula is C26H52O10P2. The molecule has 0 radical (unpaired) electrons. The van der Waals surface area contributed by atoms with Gasteiger partial charge in [-0.1, -0.05) is 19.8 Å². The molecule has 0 saturated heterocycles. The molecule has 0 aromatic rings. The first-order valence-corrected chi connectivity index (χ1v) is 17.0. The number of esters is 1. The predicted molar refractivity (Wildman–Crippen MR) is 149 cm³/mol. The molecule has 0 saturated carbocycles. The lowest BCUT2D eigenvalue weighted by Crippen LogP contribution is -2.31. The largest absolute Gasteiger partial charge is 0.458 e. The molecule has 0 fully saturated rings. The number of carbonyl (C=O) groups excluding carboxylic acids is 2. The molecule has 226 valence electrons. The first-order valence-electron chi connectivity index (χ1n) is 13.5. The quantitative estimate of drug-likeness (QED) is 0.0842. The number of ketones is 1. The molecule has 0 rings (SSSR count). The fourth-order valence-electron chi connectivity index (χ4n) is 3.00. The standard InChI is InChI=1S/C26H52O10P2/c1-11-16-32-37(29,35-22(3)21(2)27)19-14-12-13-15-20-38(30,33-18-17-31-25(5,6)7)36-23(4)24(28)34-26(8,9)10/h22-23H,11-20H2,1-10H3. The lowest BCUT2D eigenvalue weighted by atomic mass is 10.2. The van der Waals surface area contributed by atoms with Gasteiger partial charge in [0.25, 0.3) is 0 Å². The monoisotopic (exact) mass is 586 g/mol. The van der Waals surface area contributed by atoms with E-state index < -0.39 is 39.0 Å². The third kappa shape index (κ3) is 18.6. The fraction of sp³-hybridized carbons (Fsp3) is 0.923. The highest BCUT2D eigenvalue weighted by Crippen LogP contribution is 2.52. The van der Waals surface area contributed by atoms with Gasteiger partial charge in [0.2, 0.25) is 0 Å². The highest BCUT2D eigenvalue weighted by atomic mass is 31.2. The Morgan fingerprint density at radius 1 is 0.711 bits per heavy atom. The molecule has 0 N–H and O–H groups in total. The van der Waals surface area contributed by atoms with Crippen LogP contribution in [0.4, 0.5) is 0 Å². The minimum absolute atomic E-state index is 0.0548. The highest BCUT2D eigenvalue weighted by Gasteiger charge is 2.33. The summed E-state index contributed by atoms with van der Waals surface area (Å²) in [7, 11) is -7.02. The lowest BCUT2D eigenvalue weighted by Gasteiger charge is -2.26. The van der Waals surface area contributed by atoms with Crippen molar-refractivity contribution >= 4 is 26.9 Å². The Morgan fingerprint density at radius 2 is 1.18 bits per heavy atom. The van der Waals surface area contributed by atoms with Crippen molar-refractivity contribution in [3.8, 4) is 0 Å². The maximum Gasteiger partial charge on any atom is 0.336 e. The zero-order valence-electron chi connectivity index (χ0n) is 25.2. The predicted octanol–water partition coefficient (Wildman–Crippen LogP) is 6.93. The molecule has 0 spiro atoms. The lowest BCUT2D eigenvalue weighted by molar-refractivity contribution is -0.163. The number of Topliss-reactive ketones (excluding diaryl/α,β-unsaturated/α-hetero) is 1. The molecule has 10 nitrogen and oxygen atoms in total. The molecule has 0 aliphatic rings. The van der Waals surface area contributed by atoms with Crippen LogP contribution in [0.3, 0.4) is 0 Å². The Morgan fingerprint density at radius 3 is 1.61 bits per heavy atom. The van der Waals surface area contributed by atoms with Crippen LogP contribution in [0.1, 0.15) is 101 Å². The van der Waals surface area contributed by atoms with Gasteiger partial charge in [-0.15, -0.1) is 0 Å². The van der Waals surface area contributed by atoms with Crippen LogP contribution < -0.4 is 0 Å². The smallest absolute Gasteiger partial charge is 0.336 e. The number of ether oxygens (including phenoxy) is 2. The molecule has 0 aliphatic carbocycles. The van der Waals surface area contributed by atoms with Gasteiger partial charge in [-0.05, 0) is 81.6 Å². The molecule has 4 unspecified atom stereocenters. The van der Waals surface area contributed by atoms with Crippen molar-refractivity contribution in [2.24, 2.45) is 0 Å². The first-order chi connectivity index (χ1) is 17.3. The van der Waals surface area contributed by atoms with Gasteiger partial charge in [0.1, 0.15) is 11.7 Å². The van der Waals surface area contributed by atoms with Gasteiger partial charge < -0.3 is 18.5 Å². The summed E-state index contributed by atoms with van der Waals surface area (Å²) in [5.74, 6) is -0.829. The average Bonchev–Trinajstić information content (AvgIpc) is 2.76. The second-order valence-electron chi connectivity index (χ2n) is 11.3. The van der Waals surface area contributed by atoms with Gasteiger partial charge in [0.15, 0.2) is 11.9 Å². The molecule has 0 aromatic carbocycles. The number of hydrogen-bond acceptors (Lipinski definition) is 10. The third-order valence-electron chi connectivity index (χ3n) is 4.96. The second-order valence-corrected chi connectivity index (χ2v) is 15.6. The molecular weight excluding hydrogens is 534 g/mol. The van der Waals surface area contributed by atoms with Crippen LogP contribution in [0.15, 0.2) is 0 Å². The van der Waals surface area contributed by atoms with Crippen molar-refractivity contribution in [2.45, 2.75) is 125 Å². The number of unbranched alkanes of at least 4 members (excludes halogenated alkanes) is 3. The SMILES string of the molecule is CCCOP(=O)(CCCCCCP(=O)(OCCOC(C)(C)C)OC(C)C(=O)OC(C)(C)C)OC(C)C(C)=O. The van der Waals surface area contributed by atoms with Crippen LogP contribution in [0, 0.1) is 0 Å². The topological polar surface area (TPSA) is 124 Å². The molecule has 0 aliphatic heterocycles. The van der Waals surface area contributed by atoms with Crippen molar-refractivity contribution in [1.29, 1.82) is 0 Å². The summed E-state index contributed by atoms with van der Waals surface area (Å²) in [4.78, 5) is 23.9. The molecule has 0 bridgehead atoms. The first kappa shape index (κ1) is 37.4. The molecule has 38 heavy (non-hydrogen) atoms. The Kier molecular flexibility index (Phi) is 17.0. The van der Waals surface area contributed by atoms with E-state index in [2.05, 4.69) is 0 Å². The normalized spacial score (nSPS) is 17.3. The van der Waals surface area contributed by atoms with E-state index in [0.717, 1.165) is 0 Å². The summed E-state index contributed by atoms with van der Waals surface area (Å²) in [5.41, 5.74) is -1.07. The van der Waals surface area contributed by atoms with E-state index in [1.54, 1.807) is 27.7 Å². The van der Waals surface area contributed by atoms with Gasteiger partial charge in [0, 0.05) is 0 Å². The number of rotatable bonds is 20. The van der Waals surface area contributed by atoms with Crippen LogP contribution in [-0.4, -0.2) is 67.3 Å². The van der Waals surface area contributed by atoms with E-state index in [1.807, 2.05) is 27.7 Å². The molecule has 12 heteroatoms. The zero-order valence-corrected chi connectivity index (χ0v) is 27.0. The maximum absolute atomic E-state index is 13.5. The summed E-state index contributed by atoms with van der Waals surface area (Å²) in [6.45, 7) is 17.9. The molecule has 0 amide bonds. The van der Waals surface area contributed by atoms with Crippen molar-refractivity contribution in [2.75, 3.05) is 32.1 Å². The Labute approximate surface area is 230 Å². The molecule has 4 atom stereocenters. The highest BCUT2D eigenvalue weighted by molar-refractivity contribution is 7.54. The van der Waals surface area contributed by atoms with E-state index in [-0.39, 0.29) is 43.5 Å². The Balaban J connectivity index is 4.97. The minimum Gasteiger partial charge on any atom is -0.458 e. The van der Waals surface area contributed by atoms with Crippen LogP contribution in [-0.2, 0) is 46.3 Å². The zero-order chi connectivity index (χ0) is 29.6. The van der Waals surface area contributed by atoms with Gasteiger partial charge in [-0.3, -0.25) is 23.0 Å². The van der Waals surface area contributed by atoms with Crippen LogP contribution in [0.5, 0.6) is 0 Å². The van der Waals surface area contributed by atoms with E-state index in [4.69, 9.17) is 27.6 Å². The molecule has 0 aromatic heterocycles. The van der Waals surface area contributed by atoms with Gasteiger partial charge in [-0.25, -0.2) is 4.79 Å². The summed E-state index contributed by atoms with van der Waals surface area (Å²) >= 11 is 0. The average molecular weight is 587 g/mol. The fourth-order valence-corrected chi connectivity index (χ4v) is 6.82. The van der Waals surface area contributed by atoms with E-state index >= 15 is 0 Å². The van der Waals surface area contributed by atoms with Crippen LogP contribution in [0.25, 0.3) is 0 Å². The molecule has 0 heterocycles. The summed E-state index contributed by atoms with van der Waals surface area (Å²) in [6, 6.07) is 0. The summed E-state index contributed by atoms with van der Waals surface area (Å²) in [6.07, 6.45) is 1.50. The van der Waals surface area contributed by atoms with Crippen molar-refractivity contribution < 1.29 is 46.3 Å². The minimum atomic E-state index is -3.63. The third-order valence-corrected chi connectivity index (χ3v) is 9.12. The van der Waals surface area contributed by atoms with E-state index in [0.29, 0.717) is 32.1 Å². The maximum atomic E-state index is 13.5. The van der Waals surface area contributed by atoms with E-state index in [1.165, 1.54) is 13.8 Å². The number of hydrogen-bond donors (Lipinski definition) is 0. The van der Waals surface area contributed by atoms with E-state index in [9.17, 15) is 18.7 Å². The van der Waals surface area contributed by atoms with Crippen LogP contribution in [0.2, 0.25) is 0 Å². The number of carbonyl (C=O) groups is 2. The second kappa shape index (κ2) is 17.3. The Bertz CT molecular complexity index is 801. The van der Waals surface area contributed by atoms with Crippen molar-refractivity contribution in [1.82, 2.24) is 0 Å². The van der Waals surface area contributed by atoms with Gasteiger partial charge in [-0.2, -0.15) is 0 Å². The van der Waals surface area contributed by atoms with Crippen LogP contribution >= 0.6 is 15.2 Å². The summed E-state index contributed by atoms with van der Waals surface area (Å²) < 4.78 is 59.7. The Hall–Kier alpha value is -0.600. The van der Waals surface area contributed by atoms with Crippen molar-refractivity contribution in [3.05, 3.63) is 0 Å². The van der Waals surface area contributed by atoms with Gasteiger partial charge >= 0.3 is 21.2 Å². The van der Waals surface area contributed by atoms with Crippen molar-refractivity contribution in [3.63, 3.8) is 0 Å².